The molecule has 0 atom stereocenters. The van der Waals surface area contributed by atoms with E-state index in [4.69, 9.17) is 21.6 Å². The Morgan fingerprint density at radius 2 is 2.04 bits per heavy atom. The summed E-state index contributed by atoms with van der Waals surface area (Å²) >= 11 is 5.84. The van der Waals surface area contributed by atoms with Crippen LogP contribution in [0.15, 0.2) is 54.2 Å². The van der Waals surface area contributed by atoms with Gasteiger partial charge in [0.25, 0.3) is 5.91 Å². The number of nitrogens with one attached hydrogen (secondary N) is 2. The first-order chi connectivity index (χ1) is 12.0. The van der Waals surface area contributed by atoms with Crippen molar-refractivity contribution in [1.82, 2.24) is 5.32 Å². The Balaban J connectivity index is 2.00. The Bertz CT molecular complexity index is 826. The van der Waals surface area contributed by atoms with E-state index in [0.29, 0.717) is 10.7 Å². The van der Waals surface area contributed by atoms with E-state index in [2.05, 4.69) is 10.6 Å². The molecule has 2 rings (SSSR count). The molecule has 0 aliphatic rings. The molecular weight excluding hydrogens is 342 g/mol. The van der Waals surface area contributed by atoms with Gasteiger partial charge in [-0.2, -0.15) is 5.26 Å². The van der Waals surface area contributed by atoms with Crippen molar-refractivity contribution in [2.75, 3.05) is 12.4 Å². The minimum absolute atomic E-state index is 0.0448. The number of nitriles is 1. The fourth-order valence-electron chi connectivity index (χ4n) is 1.94. The number of rotatable bonds is 6. The predicted octanol–water partition coefficient (Wildman–Crippen LogP) is 3.19. The lowest BCUT2D eigenvalue weighted by atomic mass is 10.2. The molecule has 0 aliphatic heterocycles. The molecule has 0 fully saturated rings. The van der Waals surface area contributed by atoms with Crippen molar-refractivity contribution >= 4 is 23.2 Å². The van der Waals surface area contributed by atoms with Gasteiger partial charge in [-0.05, 0) is 35.9 Å². The standard InChI is InChI=1S/C18H16ClN3O3/c1-25-15-5-2-12(3-6-15)10-22-18(24)13(9-20)11-21-16-8-14(19)4-7-17(16)23/h2-8,11,21,23H,10H2,1H3,(H,22,24)/b13-11-. The van der Waals surface area contributed by atoms with Crippen LogP contribution in [0.3, 0.4) is 0 Å². The molecule has 0 aliphatic carbocycles. The molecule has 2 aromatic carbocycles. The van der Waals surface area contributed by atoms with Crippen LogP contribution in [0.2, 0.25) is 5.02 Å². The summed E-state index contributed by atoms with van der Waals surface area (Å²) in [5.74, 6) is 0.141. The summed E-state index contributed by atoms with van der Waals surface area (Å²) in [5.41, 5.74) is 1.03. The fourth-order valence-corrected chi connectivity index (χ4v) is 2.12. The zero-order chi connectivity index (χ0) is 18.2. The van der Waals surface area contributed by atoms with E-state index in [1.807, 2.05) is 18.2 Å². The highest BCUT2D eigenvalue weighted by Crippen LogP contribution is 2.26. The Labute approximate surface area is 150 Å². The van der Waals surface area contributed by atoms with Crippen LogP contribution in [0.4, 0.5) is 5.69 Å². The second-order valence-corrected chi connectivity index (χ2v) is 5.44. The normalized spacial score (nSPS) is 10.7. The Morgan fingerprint density at radius 1 is 1.32 bits per heavy atom. The van der Waals surface area contributed by atoms with Crippen molar-refractivity contribution in [1.29, 1.82) is 5.26 Å². The van der Waals surface area contributed by atoms with Gasteiger partial charge in [0.1, 0.15) is 23.1 Å². The predicted molar refractivity (Wildman–Crippen MR) is 95.3 cm³/mol. The maximum Gasteiger partial charge on any atom is 0.263 e. The van der Waals surface area contributed by atoms with E-state index in [9.17, 15) is 9.90 Å². The molecule has 0 unspecified atom stereocenters. The Kier molecular flexibility index (Phi) is 6.26. The van der Waals surface area contributed by atoms with Crippen LogP contribution in [0.1, 0.15) is 5.56 Å². The van der Waals surface area contributed by atoms with Crippen LogP contribution in [0.5, 0.6) is 11.5 Å². The maximum absolute atomic E-state index is 12.1. The highest BCUT2D eigenvalue weighted by Gasteiger charge is 2.09. The average molecular weight is 358 g/mol. The summed E-state index contributed by atoms with van der Waals surface area (Å²) in [6.07, 6.45) is 1.22. The first kappa shape index (κ1) is 18.2. The lowest BCUT2D eigenvalue weighted by Crippen LogP contribution is -2.24. The smallest absolute Gasteiger partial charge is 0.263 e. The number of hydrogen-bond donors (Lipinski definition) is 3. The number of halogens is 1. The number of anilines is 1. The lowest BCUT2D eigenvalue weighted by molar-refractivity contribution is -0.117. The minimum atomic E-state index is -0.535. The third-order valence-corrected chi connectivity index (χ3v) is 3.54. The van der Waals surface area contributed by atoms with Gasteiger partial charge in [0, 0.05) is 17.8 Å². The molecule has 2 aromatic rings. The first-order valence-corrected chi connectivity index (χ1v) is 7.67. The number of phenols is 1. The van der Waals surface area contributed by atoms with E-state index < -0.39 is 5.91 Å². The second-order valence-electron chi connectivity index (χ2n) is 5.01. The topological polar surface area (TPSA) is 94.4 Å². The first-order valence-electron chi connectivity index (χ1n) is 7.30. The van der Waals surface area contributed by atoms with E-state index in [0.717, 1.165) is 11.3 Å². The summed E-state index contributed by atoms with van der Waals surface area (Å²) < 4.78 is 5.06. The van der Waals surface area contributed by atoms with E-state index >= 15 is 0 Å². The van der Waals surface area contributed by atoms with E-state index in [-0.39, 0.29) is 17.9 Å². The number of aromatic hydroxyl groups is 1. The summed E-state index contributed by atoms with van der Waals surface area (Å²) in [7, 11) is 1.57. The van der Waals surface area contributed by atoms with Gasteiger partial charge in [-0.3, -0.25) is 4.79 Å². The van der Waals surface area contributed by atoms with Crippen LogP contribution in [-0.2, 0) is 11.3 Å². The third kappa shape index (κ3) is 5.16. The van der Waals surface area contributed by atoms with Crippen molar-refractivity contribution in [3.63, 3.8) is 0 Å². The van der Waals surface area contributed by atoms with Crippen LogP contribution in [0, 0.1) is 11.3 Å². The number of nitrogens with zero attached hydrogens (tertiary/aromatic N) is 1. The van der Waals surface area contributed by atoms with Crippen LogP contribution < -0.4 is 15.4 Å². The minimum Gasteiger partial charge on any atom is -0.506 e. The number of methoxy groups -OCH3 is 1. The molecule has 7 heteroatoms. The molecule has 0 bridgehead atoms. The molecule has 0 aromatic heterocycles. The molecule has 6 nitrogen and oxygen atoms in total. The molecule has 25 heavy (non-hydrogen) atoms. The van der Waals surface area contributed by atoms with Gasteiger partial charge in [0.05, 0.1) is 12.8 Å². The van der Waals surface area contributed by atoms with Crippen molar-refractivity contribution in [3.8, 4) is 17.6 Å². The van der Waals surface area contributed by atoms with Crippen molar-refractivity contribution < 1.29 is 14.6 Å². The summed E-state index contributed by atoms with van der Waals surface area (Å²) in [4.78, 5) is 12.1. The van der Waals surface area contributed by atoms with Gasteiger partial charge in [-0.1, -0.05) is 23.7 Å². The molecule has 0 saturated heterocycles. The number of carbonyl (C=O) groups excluding carboxylic acids is 1. The van der Waals surface area contributed by atoms with Crippen LogP contribution in [-0.4, -0.2) is 18.1 Å². The number of ether oxygens (including phenoxy) is 1. The van der Waals surface area contributed by atoms with Gasteiger partial charge in [0.2, 0.25) is 0 Å². The molecule has 3 N–H and O–H groups in total. The average Bonchev–Trinajstić information content (AvgIpc) is 2.63. The van der Waals surface area contributed by atoms with Crippen LogP contribution >= 0.6 is 11.6 Å². The monoisotopic (exact) mass is 357 g/mol. The quantitative estimate of drug-likeness (QED) is 0.419. The lowest BCUT2D eigenvalue weighted by Gasteiger charge is -2.07. The molecule has 1 amide bonds. The number of benzene rings is 2. The molecule has 0 spiro atoms. The molecule has 128 valence electrons. The number of phenolic OH excluding ortho intramolecular Hbond substituents is 1. The molecular formula is C18H16ClN3O3. The number of carbonyl (C=O) groups is 1. The van der Waals surface area contributed by atoms with Crippen molar-refractivity contribution in [2.24, 2.45) is 0 Å². The second kappa shape index (κ2) is 8.62. The maximum atomic E-state index is 12.1. The van der Waals surface area contributed by atoms with E-state index in [1.54, 1.807) is 19.2 Å². The van der Waals surface area contributed by atoms with Gasteiger partial charge >= 0.3 is 0 Å². The van der Waals surface area contributed by atoms with Gasteiger partial charge < -0.3 is 20.5 Å². The Morgan fingerprint density at radius 3 is 2.68 bits per heavy atom. The summed E-state index contributed by atoms with van der Waals surface area (Å²) in [6.45, 7) is 0.268. The highest BCUT2D eigenvalue weighted by molar-refractivity contribution is 6.30. The summed E-state index contributed by atoms with van der Waals surface area (Å²) in [6, 6.07) is 13.4. The SMILES string of the molecule is COc1ccc(CNC(=O)/C(C#N)=C\Nc2cc(Cl)ccc2O)cc1. The zero-order valence-corrected chi connectivity index (χ0v) is 14.2. The number of hydrogen-bond acceptors (Lipinski definition) is 5. The highest BCUT2D eigenvalue weighted by atomic mass is 35.5. The third-order valence-electron chi connectivity index (χ3n) is 3.31. The zero-order valence-electron chi connectivity index (χ0n) is 13.4. The molecule has 0 radical (unpaired) electrons. The van der Waals surface area contributed by atoms with Gasteiger partial charge in [0.15, 0.2) is 0 Å². The van der Waals surface area contributed by atoms with Crippen molar-refractivity contribution in [2.45, 2.75) is 6.54 Å². The van der Waals surface area contributed by atoms with Crippen molar-refractivity contribution in [3.05, 3.63) is 64.8 Å². The van der Waals surface area contributed by atoms with Crippen LogP contribution in [0.25, 0.3) is 0 Å². The number of amides is 1. The molecule has 0 saturated carbocycles. The van der Waals surface area contributed by atoms with Gasteiger partial charge in [-0.25, -0.2) is 0 Å². The summed E-state index contributed by atoms with van der Waals surface area (Å²) in [5, 5.41) is 24.6. The van der Waals surface area contributed by atoms with E-state index in [1.165, 1.54) is 24.4 Å². The largest absolute Gasteiger partial charge is 0.506 e. The Hall–Kier alpha value is -3.17. The fraction of sp³-hybridized carbons (Fsp3) is 0.111. The molecule has 0 heterocycles. The van der Waals surface area contributed by atoms with Gasteiger partial charge in [-0.15, -0.1) is 0 Å².